The molecule has 2 aromatic rings. The summed E-state index contributed by atoms with van der Waals surface area (Å²) in [5.41, 5.74) is 6.79. The molecule has 5 nitrogen and oxygen atoms in total. The topological polar surface area (TPSA) is 73.9 Å². The molecule has 0 amide bonds. The van der Waals surface area contributed by atoms with E-state index in [0.717, 1.165) is 4.90 Å². The summed E-state index contributed by atoms with van der Waals surface area (Å²) >= 11 is 1.45. The highest BCUT2D eigenvalue weighted by molar-refractivity contribution is 7.99. The lowest BCUT2D eigenvalue weighted by Crippen LogP contribution is -2.04. The first-order valence-corrected chi connectivity index (χ1v) is 6.38. The molecule has 0 spiro atoms. The SMILES string of the molecule is CCOc1nc(N)nc(Sc2ccccc2C)n1. The Bertz CT molecular complexity index is 547. The number of ether oxygens (including phenoxy) is 1. The minimum Gasteiger partial charge on any atom is -0.464 e. The average Bonchev–Trinajstić information content (AvgIpc) is 2.32. The van der Waals surface area contributed by atoms with Gasteiger partial charge < -0.3 is 10.5 Å². The highest BCUT2D eigenvalue weighted by Gasteiger charge is 2.08. The third-order valence-corrected chi connectivity index (χ3v) is 3.22. The highest BCUT2D eigenvalue weighted by Crippen LogP contribution is 2.28. The number of hydrogen-bond acceptors (Lipinski definition) is 6. The average molecular weight is 262 g/mol. The lowest BCUT2D eigenvalue weighted by atomic mass is 10.2. The van der Waals surface area contributed by atoms with Crippen LogP contribution in [0.5, 0.6) is 6.01 Å². The Morgan fingerprint density at radius 1 is 1.22 bits per heavy atom. The van der Waals surface area contributed by atoms with Crippen molar-refractivity contribution < 1.29 is 4.74 Å². The van der Waals surface area contributed by atoms with Crippen LogP contribution in [0, 0.1) is 6.92 Å². The van der Waals surface area contributed by atoms with Crippen molar-refractivity contribution >= 4 is 17.7 Å². The Hall–Kier alpha value is -1.82. The van der Waals surface area contributed by atoms with Crippen LogP contribution in [0.2, 0.25) is 0 Å². The minimum absolute atomic E-state index is 0.171. The molecule has 1 aromatic heterocycles. The van der Waals surface area contributed by atoms with Gasteiger partial charge in [-0.1, -0.05) is 18.2 Å². The fourth-order valence-corrected chi connectivity index (χ4v) is 2.20. The van der Waals surface area contributed by atoms with Gasteiger partial charge in [-0.2, -0.15) is 15.0 Å². The van der Waals surface area contributed by atoms with Crippen molar-refractivity contribution in [2.24, 2.45) is 0 Å². The van der Waals surface area contributed by atoms with Crippen molar-refractivity contribution in [2.75, 3.05) is 12.3 Å². The molecule has 0 fully saturated rings. The van der Waals surface area contributed by atoms with E-state index < -0.39 is 0 Å². The van der Waals surface area contributed by atoms with Crippen LogP contribution in [0.1, 0.15) is 12.5 Å². The summed E-state index contributed by atoms with van der Waals surface area (Å²) < 4.78 is 5.24. The first kappa shape index (κ1) is 12.6. The van der Waals surface area contributed by atoms with Gasteiger partial charge in [-0.05, 0) is 37.2 Å². The summed E-state index contributed by atoms with van der Waals surface area (Å²) in [5.74, 6) is 0.171. The van der Waals surface area contributed by atoms with Gasteiger partial charge in [0, 0.05) is 4.90 Å². The summed E-state index contributed by atoms with van der Waals surface area (Å²) in [5, 5.41) is 0.542. The number of rotatable bonds is 4. The standard InChI is InChI=1S/C12H14N4OS/c1-3-17-11-14-10(13)15-12(16-11)18-9-7-5-4-6-8(9)2/h4-7H,3H2,1-2H3,(H2,13,14,15,16). The first-order chi connectivity index (χ1) is 8.69. The number of aryl methyl sites for hydroxylation is 1. The van der Waals surface area contributed by atoms with Gasteiger partial charge in [-0.25, -0.2) is 0 Å². The van der Waals surface area contributed by atoms with Crippen LogP contribution in [-0.2, 0) is 0 Å². The molecule has 0 bridgehead atoms. The molecule has 18 heavy (non-hydrogen) atoms. The number of hydrogen-bond donors (Lipinski definition) is 1. The Morgan fingerprint density at radius 3 is 2.72 bits per heavy atom. The third-order valence-electron chi connectivity index (χ3n) is 2.18. The molecule has 2 N–H and O–H groups in total. The van der Waals surface area contributed by atoms with E-state index in [-0.39, 0.29) is 12.0 Å². The van der Waals surface area contributed by atoms with E-state index in [0.29, 0.717) is 11.8 Å². The number of nitrogens with zero attached hydrogens (tertiary/aromatic N) is 3. The van der Waals surface area contributed by atoms with Crippen LogP contribution >= 0.6 is 11.8 Å². The van der Waals surface area contributed by atoms with E-state index in [9.17, 15) is 0 Å². The largest absolute Gasteiger partial charge is 0.464 e. The zero-order chi connectivity index (χ0) is 13.0. The number of aromatic nitrogens is 3. The molecule has 0 unspecified atom stereocenters. The summed E-state index contributed by atoms with van der Waals surface area (Å²) in [6.07, 6.45) is 0. The molecule has 0 aliphatic carbocycles. The molecule has 2 rings (SSSR count). The Morgan fingerprint density at radius 2 is 2.00 bits per heavy atom. The molecule has 1 heterocycles. The van der Waals surface area contributed by atoms with Crippen molar-refractivity contribution in [2.45, 2.75) is 23.9 Å². The minimum atomic E-state index is 0.171. The summed E-state index contributed by atoms with van der Waals surface area (Å²) in [7, 11) is 0. The van der Waals surface area contributed by atoms with Crippen molar-refractivity contribution in [3.05, 3.63) is 29.8 Å². The molecule has 0 saturated heterocycles. The zero-order valence-corrected chi connectivity index (χ0v) is 11.1. The van der Waals surface area contributed by atoms with E-state index >= 15 is 0 Å². The van der Waals surface area contributed by atoms with Crippen LogP contribution in [0.15, 0.2) is 34.3 Å². The van der Waals surface area contributed by atoms with Crippen molar-refractivity contribution in [3.63, 3.8) is 0 Å². The summed E-state index contributed by atoms with van der Waals surface area (Å²) in [6.45, 7) is 4.41. The van der Waals surface area contributed by atoms with Gasteiger partial charge in [0.2, 0.25) is 11.1 Å². The monoisotopic (exact) mass is 262 g/mol. The lowest BCUT2D eigenvalue weighted by Gasteiger charge is -2.06. The second-order valence-electron chi connectivity index (χ2n) is 3.56. The lowest BCUT2D eigenvalue weighted by molar-refractivity contribution is 0.308. The second-order valence-corrected chi connectivity index (χ2v) is 4.57. The molecule has 0 radical (unpaired) electrons. The maximum absolute atomic E-state index is 5.63. The summed E-state index contributed by atoms with van der Waals surface area (Å²) in [4.78, 5) is 13.3. The maximum atomic E-state index is 5.63. The Kier molecular flexibility index (Phi) is 3.99. The Balaban J connectivity index is 2.26. The predicted octanol–water partition coefficient (Wildman–Crippen LogP) is 2.31. The van der Waals surface area contributed by atoms with Crippen molar-refractivity contribution in [1.29, 1.82) is 0 Å². The highest BCUT2D eigenvalue weighted by atomic mass is 32.2. The van der Waals surface area contributed by atoms with Gasteiger partial charge in [0.05, 0.1) is 6.61 Å². The Labute approximate surface area is 110 Å². The molecular weight excluding hydrogens is 248 g/mol. The van der Waals surface area contributed by atoms with Gasteiger partial charge in [0.15, 0.2) is 0 Å². The molecule has 6 heteroatoms. The molecule has 0 aliphatic rings. The fourth-order valence-electron chi connectivity index (χ4n) is 1.36. The summed E-state index contributed by atoms with van der Waals surface area (Å²) in [6, 6.07) is 8.29. The van der Waals surface area contributed by atoms with E-state index in [1.54, 1.807) is 0 Å². The van der Waals surface area contributed by atoms with Gasteiger partial charge in [0.1, 0.15) is 0 Å². The van der Waals surface area contributed by atoms with E-state index in [1.807, 2.05) is 38.1 Å². The molecule has 0 aliphatic heterocycles. The van der Waals surface area contributed by atoms with Gasteiger partial charge in [-0.15, -0.1) is 0 Å². The van der Waals surface area contributed by atoms with Gasteiger partial charge in [0.25, 0.3) is 0 Å². The molecule has 94 valence electrons. The van der Waals surface area contributed by atoms with Crippen LogP contribution in [0.3, 0.4) is 0 Å². The van der Waals surface area contributed by atoms with Gasteiger partial charge in [-0.3, -0.25) is 0 Å². The number of anilines is 1. The second kappa shape index (κ2) is 5.68. The van der Waals surface area contributed by atoms with E-state index in [4.69, 9.17) is 10.5 Å². The molecular formula is C12H14N4OS. The maximum Gasteiger partial charge on any atom is 0.322 e. The van der Waals surface area contributed by atoms with Crippen molar-refractivity contribution in [3.8, 4) is 6.01 Å². The molecule has 1 aromatic carbocycles. The van der Waals surface area contributed by atoms with Gasteiger partial charge >= 0.3 is 6.01 Å². The van der Waals surface area contributed by atoms with Crippen LogP contribution in [-0.4, -0.2) is 21.6 Å². The smallest absolute Gasteiger partial charge is 0.322 e. The van der Waals surface area contributed by atoms with Crippen LogP contribution in [0.4, 0.5) is 5.95 Å². The number of nitrogens with two attached hydrogens (primary N) is 1. The van der Waals surface area contributed by atoms with E-state index in [2.05, 4.69) is 15.0 Å². The van der Waals surface area contributed by atoms with E-state index in [1.165, 1.54) is 17.3 Å². The normalized spacial score (nSPS) is 10.3. The number of benzene rings is 1. The van der Waals surface area contributed by atoms with Crippen LogP contribution < -0.4 is 10.5 Å². The zero-order valence-electron chi connectivity index (χ0n) is 10.3. The number of nitrogen functional groups attached to an aromatic ring is 1. The fraction of sp³-hybridized carbons (Fsp3) is 0.250. The molecule has 0 saturated carbocycles. The van der Waals surface area contributed by atoms with Crippen LogP contribution in [0.25, 0.3) is 0 Å². The van der Waals surface area contributed by atoms with Crippen molar-refractivity contribution in [1.82, 2.24) is 15.0 Å². The quantitative estimate of drug-likeness (QED) is 0.911. The first-order valence-electron chi connectivity index (χ1n) is 5.57. The molecule has 0 atom stereocenters. The third kappa shape index (κ3) is 3.10. The predicted molar refractivity (Wildman–Crippen MR) is 70.7 cm³/mol.